The van der Waals surface area contributed by atoms with Crippen molar-refractivity contribution in [2.24, 2.45) is 0 Å². The number of hydrogen-bond acceptors (Lipinski definition) is 2. The maximum atomic E-state index is 12.2. The number of Topliss-reactive ketones (excluding diaryl/α,β-unsaturated/α-hetero) is 1. The highest BCUT2D eigenvalue weighted by Crippen LogP contribution is 2.34. The molecular weight excluding hydrogens is 274 g/mol. The Hall–Kier alpha value is -2.55. The highest BCUT2D eigenvalue weighted by atomic mass is 16.5. The van der Waals surface area contributed by atoms with Crippen LogP contribution in [-0.2, 0) is 0 Å². The normalized spacial score (nSPS) is 10.9. The average molecular weight is 293 g/mol. The number of ketones is 1. The number of hydrogen-bond donors (Lipinski definition) is 1. The van der Waals surface area contributed by atoms with E-state index >= 15 is 0 Å². The van der Waals surface area contributed by atoms with Crippen LogP contribution < -0.4 is 4.74 Å². The molecule has 0 amide bonds. The van der Waals surface area contributed by atoms with Crippen LogP contribution in [0.3, 0.4) is 0 Å². The van der Waals surface area contributed by atoms with E-state index in [0.717, 1.165) is 39.0 Å². The summed E-state index contributed by atoms with van der Waals surface area (Å²) in [6.45, 7) is 5.73. The SMILES string of the molecule is COc1ccc2[nH]c(-c3cc(C)ccc3C)c(C(C)=O)c2c1. The maximum absolute atomic E-state index is 12.2. The van der Waals surface area contributed by atoms with E-state index in [-0.39, 0.29) is 5.78 Å². The second-order valence-electron chi connectivity index (χ2n) is 5.66. The highest BCUT2D eigenvalue weighted by Gasteiger charge is 2.18. The zero-order valence-electron chi connectivity index (χ0n) is 13.3. The Labute approximate surface area is 129 Å². The molecule has 22 heavy (non-hydrogen) atoms. The fourth-order valence-electron chi connectivity index (χ4n) is 2.87. The van der Waals surface area contributed by atoms with E-state index in [0.29, 0.717) is 0 Å². The molecule has 0 unspecified atom stereocenters. The van der Waals surface area contributed by atoms with Gasteiger partial charge in [-0.3, -0.25) is 4.79 Å². The third-order valence-corrected chi connectivity index (χ3v) is 4.02. The quantitative estimate of drug-likeness (QED) is 0.713. The number of ether oxygens (including phenoxy) is 1. The first-order valence-electron chi connectivity index (χ1n) is 7.29. The van der Waals surface area contributed by atoms with Crippen molar-refractivity contribution in [3.63, 3.8) is 0 Å². The lowest BCUT2D eigenvalue weighted by molar-refractivity contribution is 0.102. The number of nitrogens with one attached hydrogen (secondary N) is 1. The second-order valence-corrected chi connectivity index (χ2v) is 5.66. The van der Waals surface area contributed by atoms with Crippen LogP contribution in [-0.4, -0.2) is 17.9 Å². The van der Waals surface area contributed by atoms with Crippen LogP contribution in [0.15, 0.2) is 36.4 Å². The summed E-state index contributed by atoms with van der Waals surface area (Å²) in [5, 5.41) is 0.905. The third-order valence-electron chi connectivity index (χ3n) is 4.02. The molecule has 0 aliphatic carbocycles. The molecule has 0 aliphatic rings. The first kappa shape index (κ1) is 14.4. The van der Waals surface area contributed by atoms with Crippen LogP contribution in [0.2, 0.25) is 0 Å². The summed E-state index contributed by atoms with van der Waals surface area (Å²) in [7, 11) is 1.63. The molecule has 1 aromatic heterocycles. The van der Waals surface area contributed by atoms with Gasteiger partial charge in [-0.1, -0.05) is 17.7 Å². The van der Waals surface area contributed by atoms with Crippen molar-refractivity contribution in [1.29, 1.82) is 0 Å². The first-order valence-corrected chi connectivity index (χ1v) is 7.29. The van der Waals surface area contributed by atoms with Crippen LogP contribution in [0.4, 0.5) is 0 Å². The molecule has 1 N–H and O–H groups in total. The van der Waals surface area contributed by atoms with Crippen molar-refractivity contribution in [3.05, 3.63) is 53.1 Å². The number of aryl methyl sites for hydroxylation is 2. The summed E-state index contributed by atoms with van der Waals surface area (Å²) in [6.07, 6.45) is 0. The molecule has 3 heteroatoms. The summed E-state index contributed by atoms with van der Waals surface area (Å²) >= 11 is 0. The largest absolute Gasteiger partial charge is 0.497 e. The molecule has 3 aromatic rings. The number of methoxy groups -OCH3 is 1. The van der Waals surface area contributed by atoms with E-state index in [1.54, 1.807) is 14.0 Å². The summed E-state index contributed by atoms with van der Waals surface area (Å²) in [5.74, 6) is 0.803. The van der Waals surface area contributed by atoms with E-state index in [9.17, 15) is 4.79 Å². The number of aromatic amines is 1. The molecule has 0 atom stereocenters. The van der Waals surface area contributed by atoms with Crippen molar-refractivity contribution in [1.82, 2.24) is 4.98 Å². The minimum atomic E-state index is 0.0513. The summed E-state index contributed by atoms with van der Waals surface area (Å²) in [5.41, 5.74) is 5.94. The number of fused-ring (bicyclic) bond motifs is 1. The Morgan fingerprint density at radius 3 is 2.55 bits per heavy atom. The standard InChI is InChI=1S/C19H19NO2/c1-11-5-6-12(2)15(9-11)19-18(13(3)21)16-10-14(22-4)7-8-17(16)20-19/h5-10,20H,1-4H3. The topological polar surface area (TPSA) is 42.1 Å². The summed E-state index contributed by atoms with van der Waals surface area (Å²) in [6, 6.07) is 12.0. The lowest BCUT2D eigenvalue weighted by atomic mass is 9.97. The fraction of sp³-hybridized carbons (Fsp3) is 0.211. The van der Waals surface area contributed by atoms with Gasteiger partial charge >= 0.3 is 0 Å². The minimum absolute atomic E-state index is 0.0513. The number of carbonyl (C=O) groups is 1. The van der Waals surface area contributed by atoms with Gasteiger partial charge in [-0.2, -0.15) is 0 Å². The maximum Gasteiger partial charge on any atom is 0.162 e. The predicted molar refractivity (Wildman–Crippen MR) is 89.8 cm³/mol. The molecule has 3 rings (SSSR count). The van der Waals surface area contributed by atoms with Crippen molar-refractivity contribution < 1.29 is 9.53 Å². The molecule has 0 saturated carbocycles. The Balaban J connectivity index is 2.36. The van der Waals surface area contributed by atoms with E-state index in [2.05, 4.69) is 37.0 Å². The van der Waals surface area contributed by atoms with Gasteiger partial charge in [-0.05, 0) is 50.6 Å². The minimum Gasteiger partial charge on any atom is -0.497 e. The van der Waals surface area contributed by atoms with E-state index < -0.39 is 0 Å². The molecule has 0 fully saturated rings. The Morgan fingerprint density at radius 2 is 1.86 bits per heavy atom. The van der Waals surface area contributed by atoms with Crippen LogP contribution in [0.1, 0.15) is 28.4 Å². The molecule has 112 valence electrons. The molecule has 1 heterocycles. The Bertz CT molecular complexity index is 875. The molecule has 0 bridgehead atoms. The van der Waals surface area contributed by atoms with Crippen LogP contribution in [0.5, 0.6) is 5.75 Å². The Kier molecular flexibility index (Phi) is 3.49. The van der Waals surface area contributed by atoms with Gasteiger partial charge in [0.25, 0.3) is 0 Å². The number of aromatic nitrogens is 1. The van der Waals surface area contributed by atoms with E-state index in [1.807, 2.05) is 18.2 Å². The molecule has 2 aromatic carbocycles. The first-order chi connectivity index (χ1) is 10.5. The number of H-pyrrole nitrogens is 1. The van der Waals surface area contributed by atoms with Crippen LogP contribution in [0.25, 0.3) is 22.2 Å². The van der Waals surface area contributed by atoms with Gasteiger partial charge in [0.1, 0.15) is 5.75 Å². The lowest BCUT2D eigenvalue weighted by Crippen LogP contribution is -1.96. The highest BCUT2D eigenvalue weighted by molar-refractivity contribution is 6.12. The molecule has 3 nitrogen and oxygen atoms in total. The molecule has 0 radical (unpaired) electrons. The molecule has 0 aliphatic heterocycles. The lowest BCUT2D eigenvalue weighted by Gasteiger charge is -2.07. The van der Waals surface area contributed by atoms with Crippen LogP contribution in [0, 0.1) is 13.8 Å². The van der Waals surface area contributed by atoms with E-state index in [4.69, 9.17) is 4.74 Å². The summed E-state index contributed by atoms with van der Waals surface area (Å²) < 4.78 is 5.29. The fourth-order valence-corrected chi connectivity index (χ4v) is 2.87. The Morgan fingerprint density at radius 1 is 1.09 bits per heavy atom. The van der Waals surface area contributed by atoms with Crippen molar-refractivity contribution in [3.8, 4) is 17.0 Å². The van der Waals surface area contributed by atoms with Gasteiger partial charge in [-0.25, -0.2) is 0 Å². The molecular formula is C19H19NO2. The molecule has 0 spiro atoms. The van der Waals surface area contributed by atoms with Crippen LogP contribution >= 0.6 is 0 Å². The second kappa shape index (κ2) is 5.34. The zero-order valence-corrected chi connectivity index (χ0v) is 13.3. The van der Waals surface area contributed by atoms with Crippen molar-refractivity contribution in [2.45, 2.75) is 20.8 Å². The van der Waals surface area contributed by atoms with Gasteiger partial charge < -0.3 is 9.72 Å². The van der Waals surface area contributed by atoms with Gasteiger partial charge in [0.05, 0.1) is 18.4 Å². The van der Waals surface area contributed by atoms with Gasteiger partial charge in [0.15, 0.2) is 5.78 Å². The van der Waals surface area contributed by atoms with Gasteiger partial charge in [0, 0.05) is 16.5 Å². The smallest absolute Gasteiger partial charge is 0.162 e. The van der Waals surface area contributed by atoms with Gasteiger partial charge in [0.2, 0.25) is 0 Å². The van der Waals surface area contributed by atoms with Crippen molar-refractivity contribution >= 4 is 16.7 Å². The third kappa shape index (κ3) is 2.29. The van der Waals surface area contributed by atoms with Gasteiger partial charge in [-0.15, -0.1) is 0 Å². The monoisotopic (exact) mass is 293 g/mol. The van der Waals surface area contributed by atoms with E-state index in [1.165, 1.54) is 5.56 Å². The number of rotatable bonds is 3. The van der Waals surface area contributed by atoms with Crippen molar-refractivity contribution in [2.75, 3.05) is 7.11 Å². The molecule has 0 saturated heterocycles. The predicted octanol–water partition coefficient (Wildman–Crippen LogP) is 4.66. The zero-order chi connectivity index (χ0) is 15.9. The number of carbonyl (C=O) groups excluding carboxylic acids is 1. The average Bonchev–Trinajstić information content (AvgIpc) is 2.87. The number of benzene rings is 2. The summed E-state index contributed by atoms with van der Waals surface area (Å²) in [4.78, 5) is 15.7.